The SMILES string of the molecule is CCN(CC)C(=O)[C@@H]1CCCN(C2CCN(c3ccc(NC(=O)c4ccc(C)cc4C)cc3)CC2)C1. The molecule has 2 aliphatic heterocycles. The van der Waals surface area contributed by atoms with E-state index < -0.39 is 0 Å². The fourth-order valence-corrected chi connectivity index (χ4v) is 5.84. The zero-order chi connectivity index (χ0) is 25.7. The van der Waals surface area contributed by atoms with E-state index in [0.717, 1.165) is 81.8 Å². The van der Waals surface area contributed by atoms with Crippen LogP contribution in [0.4, 0.5) is 11.4 Å². The molecule has 6 heteroatoms. The topological polar surface area (TPSA) is 55.9 Å². The fraction of sp³-hybridized carbons (Fsp3) is 0.533. The van der Waals surface area contributed by atoms with Crippen LogP contribution >= 0.6 is 0 Å². The maximum atomic E-state index is 12.9. The van der Waals surface area contributed by atoms with Crippen LogP contribution in [0.5, 0.6) is 0 Å². The van der Waals surface area contributed by atoms with Crippen molar-refractivity contribution in [1.82, 2.24) is 9.80 Å². The molecule has 36 heavy (non-hydrogen) atoms. The first-order chi connectivity index (χ1) is 17.4. The highest BCUT2D eigenvalue weighted by molar-refractivity contribution is 6.05. The molecule has 0 bridgehead atoms. The molecule has 4 rings (SSSR count). The zero-order valence-electron chi connectivity index (χ0n) is 22.4. The quantitative estimate of drug-likeness (QED) is 0.586. The molecule has 0 spiro atoms. The Morgan fingerprint density at radius 1 is 0.944 bits per heavy atom. The number of benzene rings is 2. The van der Waals surface area contributed by atoms with Gasteiger partial charge in [-0.25, -0.2) is 0 Å². The number of aryl methyl sites for hydroxylation is 2. The molecular weight excluding hydrogens is 448 g/mol. The summed E-state index contributed by atoms with van der Waals surface area (Å²) in [7, 11) is 0. The largest absolute Gasteiger partial charge is 0.371 e. The van der Waals surface area contributed by atoms with E-state index in [9.17, 15) is 9.59 Å². The van der Waals surface area contributed by atoms with Crippen molar-refractivity contribution in [2.24, 2.45) is 5.92 Å². The lowest BCUT2D eigenvalue weighted by Gasteiger charge is -2.43. The van der Waals surface area contributed by atoms with Crippen molar-refractivity contribution in [3.63, 3.8) is 0 Å². The fourth-order valence-electron chi connectivity index (χ4n) is 5.84. The maximum Gasteiger partial charge on any atom is 0.255 e. The molecule has 2 heterocycles. The molecule has 2 amide bonds. The van der Waals surface area contributed by atoms with E-state index in [4.69, 9.17) is 0 Å². The third-order valence-corrected chi connectivity index (χ3v) is 7.97. The van der Waals surface area contributed by atoms with Crippen molar-refractivity contribution in [3.05, 3.63) is 59.2 Å². The summed E-state index contributed by atoms with van der Waals surface area (Å²) < 4.78 is 0. The van der Waals surface area contributed by atoms with E-state index in [-0.39, 0.29) is 11.8 Å². The summed E-state index contributed by atoms with van der Waals surface area (Å²) in [5.41, 5.74) is 4.88. The molecule has 1 atom stereocenters. The van der Waals surface area contributed by atoms with Crippen LogP contribution in [0.3, 0.4) is 0 Å². The highest BCUT2D eigenvalue weighted by atomic mass is 16.2. The predicted octanol–water partition coefficient (Wildman–Crippen LogP) is 5.10. The number of piperidine rings is 2. The molecule has 0 aliphatic carbocycles. The lowest BCUT2D eigenvalue weighted by atomic mass is 9.92. The van der Waals surface area contributed by atoms with E-state index in [2.05, 4.69) is 41.1 Å². The van der Waals surface area contributed by atoms with Gasteiger partial charge in [-0.2, -0.15) is 0 Å². The number of carbonyl (C=O) groups excluding carboxylic acids is 2. The molecule has 194 valence electrons. The van der Waals surface area contributed by atoms with E-state index >= 15 is 0 Å². The van der Waals surface area contributed by atoms with Gasteiger partial charge >= 0.3 is 0 Å². The van der Waals surface area contributed by atoms with Gasteiger partial charge in [-0.1, -0.05) is 17.7 Å². The average molecular weight is 491 g/mol. The standard InChI is InChI=1S/C30H42N4O2/c1-5-32(6-2)30(36)24-8-7-17-34(21-24)27-15-18-33(19-16-27)26-12-10-25(11-13-26)31-29(35)28-14-9-22(3)20-23(28)4/h9-14,20,24,27H,5-8,15-19,21H2,1-4H3,(H,31,35)/t24-/m1/s1. The maximum absolute atomic E-state index is 12.9. The van der Waals surface area contributed by atoms with Gasteiger partial charge in [0, 0.05) is 55.7 Å². The number of carbonyl (C=O) groups is 2. The van der Waals surface area contributed by atoms with Gasteiger partial charge in [0.05, 0.1) is 5.92 Å². The number of nitrogens with zero attached hydrogens (tertiary/aromatic N) is 3. The minimum atomic E-state index is -0.0691. The number of hydrogen-bond acceptors (Lipinski definition) is 4. The van der Waals surface area contributed by atoms with E-state index in [1.807, 2.05) is 49.1 Å². The summed E-state index contributed by atoms with van der Waals surface area (Å²) in [5, 5.41) is 3.03. The molecule has 0 unspecified atom stereocenters. The molecule has 0 radical (unpaired) electrons. The summed E-state index contributed by atoms with van der Waals surface area (Å²) >= 11 is 0. The third kappa shape index (κ3) is 6.09. The Hall–Kier alpha value is -2.86. The Labute approximate surface area is 216 Å². The Morgan fingerprint density at radius 2 is 1.64 bits per heavy atom. The van der Waals surface area contributed by atoms with Crippen molar-refractivity contribution in [3.8, 4) is 0 Å². The molecule has 2 aromatic carbocycles. The number of rotatable bonds is 7. The summed E-state index contributed by atoms with van der Waals surface area (Å²) in [6, 6.07) is 14.7. The number of anilines is 2. The second-order valence-electron chi connectivity index (χ2n) is 10.4. The lowest BCUT2D eigenvalue weighted by Crippen LogP contribution is -2.51. The Morgan fingerprint density at radius 3 is 2.28 bits per heavy atom. The second kappa shape index (κ2) is 11.9. The van der Waals surface area contributed by atoms with Crippen LogP contribution in [0, 0.1) is 19.8 Å². The van der Waals surface area contributed by atoms with Gasteiger partial charge in [0.15, 0.2) is 0 Å². The van der Waals surface area contributed by atoms with Crippen LogP contribution in [0.15, 0.2) is 42.5 Å². The molecule has 2 aromatic rings. The van der Waals surface area contributed by atoms with Crippen LogP contribution in [0.1, 0.15) is 61.0 Å². The van der Waals surface area contributed by atoms with Crippen LogP contribution in [0.2, 0.25) is 0 Å². The Kier molecular flexibility index (Phi) is 8.68. The summed E-state index contributed by atoms with van der Waals surface area (Å²) in [6.45, 7) is 13.8. The molecule has 1 N–H and O–H groups in total. The van der Waals surface area contributed by atoms with Gasteiger partial charge < -0.3 is 15.1 Å². The monoisotopic (exact) mass is 490 g/mol. The first kappa shape index (κ1) is 26.2. The number of hydrogen-bond donors (Lipinski definition) is 1. The zero-order valence-corrected chi connectivity index (χ0v) is 22.4. The van der Waals surface area contributed by atoms with E-state index in [1.54, 1.807) is 0 Å². The summed E-state index contributed by atoms with van der Waals surface area (Å²) in [6.07, 6.45) is 4.39. The molecule has 0 saturated carbocycles. The smallest absolute Gasteiger partial charge is 0.255 e. The first-order valence-corrected chi connectivity index (χ1v) is 13.7. The summed E-state index contributed by atoms with van der Waals surface area (Å²) in [4.78, 5) is 32.6. The van der Waals surface area contributed by atoms with Crippen molar-refractivity contribution in [1.29, 1.82) is 0 Å². The Balaban J connectivity index is 1.29. The first-order valence-electron chi connectivity index (χ1n) is 13.7. The molecule has 0 aromatic heterocycles. The van der Waals surface area contributed by atoms with Gasteiger partial charge in [-0.15, -0.1) is 0 Å². The molecule has 6 nitrogen and oxygen atoms in total. The van der Waals surface area contributed by atoms with Crippen molar-refractivity contribution >= 4 is 23.2 Å². The van der Waals surface area contributed by atoms with E-state index in [0.29, 0.717) is 17.5 Å². The van der Waals surface area contributed by atoms with Crippen molar-refractivity contribution < 1.29 is 9.59 Å². The lowest BCUT2D eigenvalue weighted by molar-refractivity contribution is -0.137. The minimum Gasteiger partial charge on any atom is -0.371 e. The van der Waals surface area contributed by atoms with Gasteiger partial charge in [-0.05, 0) is 95.8 Å². The van der Waals surface area contributed by atoms with Crippen molar-refractivity contribution in [2.75, 3.05) is 49.5 Å². The number of amides is 2. The van der Waals surface area contributed by atoms with E-state index in [1.165, 1.54) is 5.69 Å². The minimum absolute atomic E-state index is 0.0691. The molecule has 2 saturated heterocycles. The second-order valence-corrected chi connectivity index (χ2v) is 10.4. The molecule has 2 aliphatic rings. The van der Waals surface area contributed by atoms with Crippen LogP contribution in [-0.4, -0.2) is 66.9 Å². The van der Waals surface area contributed by atoms with Crippen LogP contribution < -0.4 is 10.2 Å². The molecule has 2 fully saturated rings. The van der Waals surface area contributed by atoms with Crippen LogP contribution in [-0.2, 0) is 4.79 Å². The highest BCUT2D eigenvalue weighted by Gasteiger charge is 2.33. The predicted molar refractivity (Wildman–Crippen MR) is 148 cm³/mol. The molecular formula is C30H42N4O2. The average Bonchev–Trinajstić information content (AvgIpc) is 2.90. The highest BCUT2D eigenvalue weighted by Crippen LogP contribution is 2.28. The van der Waals surface area contributed by atoms with Gasteiger partial charge in [0.2, 0.25) is 5.91 Å². The normalized spacial score (nSPS) is 19.2. The van der Waals surface area contributed by atoms with Gasteiger partial charge in [0.1, 0.15) is 0 Å². The van der Waals surface area contributed by atoms with Gasteiger partial charge in [0.25, 0.3) is 5.91 Å². The van der Waals surface area contributed by atoms with Crippen molar-refractivity contribution in [2.45, 2.75) is 59.4 Å². The van der Waals surface area contributed by atoms with Crippen LogP contribution in [0.25, 0.3) is 0 Å². The Bertz CT molecular complexity index is 1040. The third-order valence-electron chi connectivity index (χ3n) is 7.97. The number of nitrogens with one attached hydrogen (secondary N) is 1. The summed E-state index contributed by atoms with van der Waals surface area (Å²) in [5.74, 6) is 0.426. The number of likely N-dealkylation sites (tertiary alicyclic amines) is 1. The van der Waals surface area contributed by atoms with Gasteiger partial charge in [-0.3, -0.25) is 14.5 Å².